The van der Waals surface area contributed by atoms with Gasteiger partial charge in [0.15, 0.2) is 0 Å². The van der Waals surface area contributed by atoms with Gasteiger partial charge >= 0.3 is 0 Å². The summed E-state index contributed by atoms with van der Waals surface area (Å²) < 4.78 is 5.66. The summed E-state index contributed by atoms with van der Waals surface area (Å²) in [5, 5.41) is 6.59. The first-order valence-corrected chi connectivity index (χ1v) is 7.78. The Kier molecular flexibility index (Phi) is 3.75. The smallest absolute Gasteiger partial charge is 0.143 e. The summed E-state index contributed by atoms with van der Waals surface area (Å²) in [4.78, 5) is 10.1. The molecule has 1 aromatic carbocycles. The Morgan fingerprint density at radius 2 is 2.00 bits per heavy atom. The monoisotopic (exact) mass is 299 g/mol. The second-order valence-corrected chi connectivity index (χ2v) is 5.63. The van der Waals surface area contributed by atoms with E-state index in [1.165, 1.54) is 5.56 Å². The first kappa shape index (κ1) is 13.8. The van der Waals surface area contributed by atoms with Crippen molar-refractivity contribution in [2.24, 2.45) is 0 Å². The van der Waals surface area contributed by atoms with Crippen molar-refractivity contribution >= 4 is 33.1 Å². The van der Waals surface area contributed by atoms with E-state index < -0.39 is 0 Å². The molecule has 4 nitrogen and oxygen atoms in total. The predicted molar refractivity (Wildman–Crippen MR) is 87.8 cm³/mol. The molecule has 0 unspecified atom stereocenters. The second-order valence-electron chi connectivity index (χ2n) is 4.77. The van der Waals surface area contributed by atoms with Crippen molar-refractivity contribution < 1.29 is 4.74 Å². The average molecular weight is 299 g/mol. The zero-order valence-corrected chi connectivity index (χ0v) is 13.1. The molecule has 0 bridgehead atoms. The van der Waals surface area contributed by atoms with E-state index in [4.69, 9.17) is 4.74 Å². The molecule has 0 atom stereocenters. The highest BCUT2D eigenvalue weighted by atomic mass is 32.1. The lowest BCUT2D eigenvalue weighted by Crippen LogP contribution is -2.01. The molecule has 3 aromatic rings. The van der Waals surface area contributed by atoms with Crippen molar-refractivity contribution in [1.29, 1.82) is 0 Å². The van der Waals surface area contributed by atoms with Crippen molar-refractivity contribution in [3.63, 3.8) is 0 Å². The Balaban J connectivity index is 2.08. The number of hydrogen-bond acceptors (Lipinski definition) is 5. The van der Waals surface area contributed by atoms with Crippen LogP contribution in [0.15, 0.2) is 29.6 Å². The maximum absolute atomic E-state index is 5.66. The summed E-state index contributed by atoms with van der Waals surface area (Å²) in [6.45, 7) is 6.60. The number of ether oxygens (including phenoxy) is 1. The van der Waals surface area contributed by atoms with Crippen LogP contribution in [0.25, 0.3) is 10.2 Å². The fourth-order valence-electron chi connectivity index (χ4n) is 2.26. The van der Waals surface area contributed by atoms with Gasteiger partial charge in [0.05, 0.1) is 17.7 Å². The van der Waals surface area contributed by atoms with Crippen LogP contribution in [-0.4, -0.2) is 16.6 Å². The first-order chi connectivity index (χ1) is 10.2. The van der Waals surface area contributed by atoms with E-state index in [1.807, 2.05) is 38.1 Å². The van der Waals surface area contributed by atoms with Crippen LogP contribution in [0.3, 0.4) is 0 Å². The molecule has 5 heteroatoms. The molecule has 0 saturated heterocycles. The maximum Gasteiger partial charge on any atom is 0.143 e. The number of aromatic nitrogens is 2. The number of aryl methyl sites for hydroxylation is 2. The zero-order chi connectivity index (χ0) is 14.8. The first-order valence-electron chi connectivity index (χ1n) is 6.90. The maximum atomic E-state index is 5.66. The summed E-state index contributed by atoms with van der Waals surface area (Å²) >= 11 is 1.64. The highest BCUT2D eigenvalue weighted by Gasteiger charge is 2.12. The van der Waals surface area contributed by atoms with E-state index in [0.29, 0.717) is 6.61 Å². The molecule has 0 aliphatic rings. The topological polar surface area (TPSA) is 47.0 Å². The molecule has 0 aliphatic heterocycles. The second kappa shape index (κ2) is 5.69. The summed E-state index contributed by atoms with van der Waals surface area (Å²) in [6, 6.07) is 7.90. The number of benzene rings is 1. The van der Waals surface area contributed by atoms with Gasteiger partial charge in [-0.2, -0.15) is 0 Å². The van der Waals surface area contributed by atoms with Crippen molar-refractivity contribution in [2.75, 3.05) is 11.9 Å². The normalized spacial score (nSPS) is 10.8. The fourth-order valence-corrected chi connectivity index (χ4v) is 3.23. The molecule has 0 amide bonds. The van der Waals surface area contributed by atoms with Gasteiger partial charge in [0.2, 0.25) is 0 Å². The molecule has 2 aromatic heterocycles. The quantitative estimate of drug-likeness (QED) is 0.773. The lowest BCUT2D eigenvalue weighted by molar-refractivity contribution is 0.342. The number of hydrogen-bond donors (Lipinski definition) is 1. The number of nitrogens with zero attached hydrogens (tertiary/aromatic N) is 2. The summed E-state index contributed by atoms with van der Waals surface area (Å²) in [5.41, 5.74) is 2.11. The SMILES string of the molecule is CCOc1ccccc1Nc1nc(C)nc2scc(C)c12. The van der Waals surface area contributed by atoms with Crippen LogP contribution in [0.5, 0.6) is 5.75 Å². The van der Waals surface area contributed by atoms with Crippen LogP contribution in [-0.2, 0) is 0 Å². The Morgan fingerprint density at radius 1 is 1.19 bits per heavy atom. The van der Waals surface area contributed by atoms with E-state index in [2.05, 4.69) is 27.6 Å². The van der Waals surface area contributed by atoms with Crippen molar-refractivity contribution in [1.82, 2.24) is 9.97 Å². The van der Waals surface area contributed by atoms with Gasteiger partial charge < -0.3 is 10.1 Å². The van der Waals surface area contributed by atoms with E-state index >= 15 is 0 Å². The number of anilines is 2. The number of thiophene rings is 1. The number of nitrogens with one attached hydrogen (secondary N) is 1. The van der Waals surface area contributed by atoms with Gasteiger partial charge in [-0.3, -0.25) is 0 Å². The van der Waals surface area contributed by atoms with Crippen LogP contribution >= 0.6 is 11.3 Å². The summed E-state index contributed by atoms with van der Waals surface area (Å²) in [6.07, 6.45) is 0. The molecule has 0 radical (unpaired) electrons. The molecule has 108 valence electrons. The van der Waals surface area contributed by atoms with Gasteiger partial charge in [0, 0.05) is 0 Å². The third kappa shape index (κ3) is 2.69. The Labute approximate surface area is 127 Å². The Hall–Kier alpha value is -2.14. The van der Waals surface area contributed by atoms with Gasteiger partial charge in [0.1, 0.15) is 22.2 Å². The van der Waals surface area contributed by atoms with Crippen LogP contribution in [0.2, 0.25) is 0 Å². The van der Waals surface area contributed by atoms with Crippen molar-refractivity contribution in [3.8, 4) is 5.75 Å². The minimum Gasteiger partial charge on any atom is -0.492 e. The predicted octanol–water partition coefficient (Wildman–Crippen LogP) is 4.45. The molecule has 0 saturated carbocycles. The Bertz CT molecular complexity index is 782. The van der Waals surface area contributed by atoms with Crippen LogP contribution in [0.1, 0.15) is 18.3 Å². The number of fused-ring (bicyclic) bond motifs is 1. The molecule has 3 rings (SSSR count). The molecule has 0 aliphatic carbocycles. The van der Waals surface area contributed by atoms with Gasteiger partial charge in [-0.1, -0.05) is 12.1 Å². The standard InChI is InChI=1S/C16H17N3OS/c1-4-20-13-8-6-5-7-12(13)19-15-14-10(2)9-21-16(14)18-11(3)17-15/h5-9H,4H2,1-3H3,(H,17,18,19). The fraction of sp³-hybridized carbons (Fsp3) is 0.250. The highest BCUT2D eigenvalue weighted by molar-refractivity contribution is 7.17. The number of rotatable bonds is 4. The molecular formula is C16H17N3OS. The van der Waals surface area contributed by atoms with Crippen LogP contribution in [0, 0.1) is 13.8 Å². The minimum absolute atomic E-state index is 0.633. The van der Waals surface area contributed by atoms with E-state index in [1.54, 1.807) is 11.3 Å². The molecular weight excluding hydrogens is 282 g/mol. The van der Waals surface area contributed by atoms with Gasteiger partial charge in [-0.05, 0) is 43.8 Å². The molecule has 21 heavy (non-hydrogen) atoms. The molecule has 0 spiro atoms. The van der Waals surface area contributed by atoms with E-state index in [9.17, 15) is 0 Å². The third-order valence-electron chi connectivity index (χ3n) is 3.17. The summed E-state index contributed by atoms with van der Waals surface area (Å²) in [7, 11) is 0. The zero-order valence-electron chi connectivity index (χ0n) is 12.3. The van der Waals surface area contributed by atoms with Gasteiger partial charge in [-0.25, -0.2) is 9.97 Å². The van der Waals surface area contributed by atoms with E-state index in [-0.39, 0.29) is 0 Å². The minimum atomic E-state index is 0.633. The number of para-hydroxylation sites is 2. The molecule has 1 N–H and O–H groups in total. The molecule has 2 heterocycles. The van der Waals surface area contributed by atoms with E-state index in [0.717, 1.165) is 33.3 Å². The summed E-state index contributed by atoms with van der Waals surface area (Å²) in [5.74, 6) is 2.43. The third-order valence-corrected chi connectivity index (χ3v) is 4.16. The average Bonchev–Trinajstić information content (AvgIpc) is 2.82. The van der Waals surface area contributed by atoms with Gasteiger partial charge in [-0.15, -0.1) is 11.3 Å². The van der Waals surface area contributed by atoms with Crippen molar-refractivity contribution in [2.45, 2.75) is 20.8 Å². The lowest BCUT2D eigenvalue weighted by Gasteiger charge is -2.13. The van der Waals surface area contributed by atoms with Gasteiger partial charge in [0.25, 0.3) is 0 Å². The van der Waals surface area contributed by atoms with Crippen molar-refractivity contribution in [3.05, 3.63) is 41.0 Å². The Morgan fingerprint density at radius 3 is 2.81 bits per heavy atom. The van der Waals surface area contributed by atoms with Crippen LogP contribution in [0.4, 0.5) is 11.5 Å². The van der Waals surface area contributed by atoms with Crippen LogP contribution < -0.4 is 10.1 Å². The lowest BCUT2D eigenvalue weighted by atomic mass is 10.2. The molecule has 0 fully saturated rings. The highest BCUT2D eigenvalue weighted by Crippen LogP contribution is 2.33. The largest absolute Gasteiger partial charge is 0.492 e.